The number of benzene rings is 2. The molecule has 0 fully saturated rings. The molecule has 0 bridgehead atoms. The van der Waals surface area contributed by atoms with E-state index in [1.165, 1.54) is 0 Å². The van der Waals surface area contributed by atoms with Crippen LogP contribution in [0.4, 0.5) is 5.69 Å². The summed E-state index contributed by atoms with van der Waals surface area (Å²) in [4.78, 5) is 24.2. The van der Waals surface area contributed by atoms with Crippen LogP contribution in [0.3, 0.4) is 0 Å². The van der Waals surface area contributed by atoms with Crippen LogP contribution in [-0.2, 0) is 4.74 Å². The number of fused-ring (bicyclic) bond motifs is 1. The maximum atomic E-state index is 12.4. The number of anilines is 1. The number of furan rings is 1. The molecule has 0 saturated carbocycles. The number of esters is 1. The quantitative estimate of drug-likeness (QED) is 0.714. The van der Waals surface area contributed by atoms with Crippen LogP contribution in [0.25, 0.3) is 11.0 Å². The standard InChI is InChI=1S/C19H17NO5/c1-3-24-19(22)12-5-4-6-14(9-12)20-18(21)17-11-13-10-15(23-2)7-8-16(13)25-17/h4-11H,3H2,1-2H3,(H,20,21). The molecule has 0 aliphatic rings. The summed E-state index contributed by atoms with van der Waals surface area (Å²) in [5.41, 5.74) is 1.44. The van der Waals surface area contributed by atoms with Gasteiger partial charge in [-0.15, -0.1) is 0 Å². The molecule has 6 nitrogen and oxygen atoms in total. The average molecular weight is 339 g/mol. The fraction of sp³-hybridized carbons (Fsp3) is 0.158. The van der Waals surface area contributed by atoms with E-state index in [2.05, 4.69) is 5.32 Å². The van der Waals surface area contributed by atoms with Crippen LogP contribution in [-0.4, -0.2) is 25.6 Å². The highest BCUT2D eigenvalue weighted by Crippen LogP contribution is 2.25. The second kappa shape index (κ2) is 7.09. The number of nitrogens with one attached hydrogen (secondary N) is 1. The minimum Gasteiger partial charge on any atom is -0.497 e. The van der Waals surface area contributed by atoms with Crippen molar-refractivity contribution in [3.05, 3.63) is 59.9 Å². The van der Waals surface area contributed by atoms with E-state index in [9.17, 15) is 9.59 Å². The Balaban J connectivity index is 1.80. The van der Waals surface area contributed by atoms with Gasteiger partial charge in [0.15, 0.2) is 5.76 Å². The summed E-state index contributed by atoms with van der Waals surface area (Å²) >= 11 is 0. The third-order valence-corrected chi connectivity index (χ3v) is 3.58. The summed E-state index contributed by atoms with van der Waals surface area (Å²) in [6.45, 7) is 2.03. The molecule has 0 saturated heterocycles. The molecule has 0 unspecified atom stereocenters. The van der Waals surface area contributed by atoms with Gasteiger partial charge in [0.25, 0.3) is 5.91 Å². The second-order valence-electron chi connectivity index (χ2n) is 5.27. The molecule has 25 heavy (non-hydrogen) atoms. The number of carbonyl (C=O) groups is 2. The average Bonchev–Trinajstić information content (AvgIpc) is 3.05. The van der Waals surface area contributed by atoms with Crippen molar-refractivity contribution >= 4 is 28.5 Å². The number of hydrogen-bond acceptors (Lipinski definition) is 5. The minimum absolute atomic E-state index is 0.171. The molecule has 128 valence electrons. The summed E-state index contributed by atoms with van der Waals surface area (Å²) in [5.74, 6) is 0.0118. The Morgan fingerprint density at radius 3 is 2.72 bits per heavy atom. The smallest absolute Gasteiger partial charge is 0.338 e. The van der Waals surface area contributed by atoms with Crippen molar-refractivity contribution in [2.24, 2.45) is 0 Å². The Morgan fingerprint density at radius 1 is 1.12 bits per heavy atom. The molecule has 0 atom stereocenters. The summed E-state index contributed by atoms with van der Waals surface area (Å²) in [6, 6.07) is 13.5. The summed E-state index contributed by atoms with van der Waals surface area (Å²) in [5, 5.41) is 3.48. The number of rotatable bonds is 5. The van der Waals surface area contributed by atoms with Gasteiger partial charge in [0.2, 0.25) is 0 Å². The van der Waals surface area contributed by atoms with Crippen molar-refractivity contribution in [3.8, 4) is 5.75 Å². The van der Waals surface area contributed by atoms with E-state index in [0.29, 0.717) is 22.6 Å². The van der Waals surface area contributed by atoms with E-state index in [1.54, 1.807) is 62.6 Å². The van der Waals surface area contributed by atoms with Crippen molar-refractivity contribution in [2.75, 3.05) is 19.0 Å². The van der Waals surface area contributed by atoms with E-state index >= 15 is 0 Å². The van der Waals surface area contributed by atoms with E-state index < -0.39 is 11.9 Å². The van der Waals surface area contributed by atoms with Crippen LogP contribution in [0.1, 0.15) is 27.8 Å². The molecule has 0 radical (unpaired) electrons. The predicted octanol–water partition coefficient (Wildman–Crippen LogP) is 3.87. The van der Waals surface area contributed by atoms with Crippen molar-refractivity contribution in [3.63, 3.8) is 0 Å². The number of amides is 1. The largest absolute Gasteiger partial charge is 0.497 e. The van der Waals surface area contributed by atoms with Crippen LogP contribution in [0.2, 0.25) is 0 Å². The van der Waals surface area contributed by atoms with E-state index in [4.69, 9.17) is 13.9 Å². The van der Waals surface area contributed by atoms with Crippen LogP contribution >= 0.6 is 0 Å². The van der Waals surface area contributed by atoms with Gasteiger partial charge >= 0.3 is 5.97 Å². The zero-order valence-electron chi connectivity index (χ0n) is 13.9. The predicted molar refractivity (Wildman–Crippen MR) is 93.1 cm³/mol. The first-order valence-corrected chi connectivity index (χ1v) is 7.77. The third kappa shape index (κ3) is 3.63. The molecule has 0 aliphatic carbocycles. The Hall–Kier alpha value is -3.28. The molecule has 1 heterocycles. The molecule has 3 aromatic rings. The van der Waals surface area contributed by atoms with E-state index in [1.807, 2.05) is 0 Å². The van der Waals surface area contributed by atoms with Gasteiger partial charge in [-0.1, -0.05) is 6.07 Å². The molecule has 6 heteroatoms. The van der Waals surface area contributed by atoms with Crippen LogP contribution in [0, 0.1) is 0 Å². The maximum absolute atomic E-state index is 12.4. The minimum atomic E-state index is -0.436. The lowest BCUT2D eigenvalue weighted by atomic mass is 10.2. The lowest BCUT2D eigenvalue weighted by molar-refractivity contribution is 0.0526. The monoisotopic (exact) mass is 339 g/mol. The van der Waals surface area contributed by atoms with Gasteiger partial charge in [-0.2, -0.15) is 0 Å². The first-order valence-electron chi connectivity index (χ1n) is 7.77. The van der Waals surface area contributed by atoms with Gasteiger partial charge in [0.1, 0.15) is 11.3 Å². The van der Waals surface area contributed by atoms with Gasteiger partial charge < -0.3 is 19.2 Å². The van der Waals surface area contributed by atoms with Crippen molar-refractivity contribution < 1.29 is 23.5 Å². The highest BCUT2D eigenvalue weighted by Gasteiger charge is 2.14. The molecule has 0 aliphatic heterocycles. The number of hydrogen-bond donors (Lipinski definition) is 1. The number of ether oxygens (including phenoxy) is 2. The van der Waals surface area contributed by atoms with E-state index in [-0.39, 0.29) is 12.4 Å². The molecule has 1 amide bonds. The van der Waals surface area contributed by atoms with Gasteiger partial charge in [0.05, 0.1) is 19.3 Å². The van der Waals surface area contributed by atoms with Gasteiger partial charge in [-0.3, -0.25) is 4.79 Å². The van der Waals surface area contributed by atoms with Crippen molar-refractivity contribution in [1.82, 2.24) is 0 Å². The summed E-state index contributed by atoms with van der Waals surface area (Å²) in [7, 11) is 1.57. The van der Waals surface area contributed by atoms with Gasteiger partial charge in [-0.05, 0) is 49.4 Å². The molecular formula is C19H17NO5. The second-order valence-corrected chi connectivity index (χ2v) is 5.27. The van der Waals surface area contributed by atoms with Crippen LogP contribution in [0.15, 0.2) is 52.9 Å². The number of carbonyl (C=O) groups excluding carboxylic acids is 2. The van der Waals surface area contributed by atoms with E-state index in [0.717, 1.165) is 5.39 Å². The summed E-state index contributed by atoms with van der Waals surface area (Å²) in [6.07, 6.45) is 0. The van der Waals surface area contributed by atoms with Crippen LogP contribution < -0.4 is 10.1 Å². The maximum Gasteiger partial charge on any atom is 0.338 e. The molecular weight excluding hydrogens is 322 g/mol. The Labute approximate surface area is 144 Å². The zero-order chi connectivity index (χ0) is 17.8. The highest BCUT2D eigenvalue weighted by molar-refractivity contribution is 6.05. The Kier molecular flexibility index (Phi) is 4.70. The van der Waals surface area contributed by atoms with Gasteiger partial charge in [0, 0.05) is 11.1 Å². The number of methoxy groups -OCH3 is 1. The fourth-order valence-electron chi connectivity index (χ4n) is 2.39. The SMILES string of the molecule is CCOC(=O)c1cccc(NC(=O)c2cc3cc(OC)ccc3o2)c1. The third-order valence-electron chi connectivity index (χ3n) is 3.58. The van der Waals surface area contributed by atoms with Crippen LogP contribution in [0.5, 0.6) is 5.75 Å². The zero-order valence-corrected chi connectivity index (χ0v) is 13.9. The Bertz CT molecular complexity index is 928. The molecule has 1 N–H and O–H groups in total. The highest BCUT2D eigenvalue weighted by atomic mass is 16.5. The molecule has 2 aromatic carbocycles. The fourth-order valence-corrected chi connectivity index (χ4v) is 2.39. The first-order chi connectivity index (χ1) is 12.1. The lowest BCUT2D eigenvalue weighted by Crippen LogP contribution is -2.12. The van der Waals surface area contributed by atoms with Gasteiger partial charge in [-0.25, -0.2) is 4.79 Å². The Morgan fingerprint density at radius 2 is 1.96 bits per heavy atom. The van der Waals surface area contributed by atoms with Crippen molar-refractivity contribution in [2.45, 2.75) is 6.92 Å². The topological polar surface area (TPSA) is 77.8 Å². The molecule has 3 rings (SSSR count). The molecule has 0 spiro atoms. The lowest BCUT2D eigenvalue weighted by Gasteiger charge is -2.06. The molecule has 1 aromatic heterocycles. The van der Waals surface area contributed by atoms with Crippen molar-refractivity contribution in [1.29, 1.82) is 0 Å². The summed E-state index contributed by atoms with van der Waals surface area (Å²) < 4.78 is 15.7. The first kappa shape index (κ1) is 16.6. The normalized spacial score (nSPS) is 10.5.